The zero-order valence-corrected chi connectivity index (χ0v) is 12.4. The Morgan fingerprint density at radius 1 is 1.42 bits per heavy atom. The van der Waals surface area contributed by atoms with Gasteiger partial charge in [0.05, 0.1) is 0 Å². The third-order valence-electron chi connectivity index (χ3n) is 4.14. The third-order valence-corrected chi connectivity index (χ3v) is 4.88. The highest BCUT2D eigenvalue weighted by molar-refractivity contribution is 7.98. The highest BCUT2D eigenvalue weighted by Gasteiger charge is 2.45. The normalized spacial score (nSPS) is 23.7. The van der Waals surface area contributed by atoms with Gasteiger partial charge in [-0.1, -0.05) is 19.1 Å². The van der Waals surface area contributed by atoms with E-state index >= 15 is 0 Å². The molecule has 1 heterocycles. The molecule has 1 aliphatic heterocycles. The van der Waals surface area contributed by atoms with Gasteiger partial charge in [0, 0.05) is 11.4 Å². The lowest BCUT2D eigenvalue weighted by atomic mass is 9.92. The molecule has 0 spiro atoms. The molecule has 0 amide bonds. The lowest BCUT2D eigenvalue weighted by Gasteiger charge is -2.33. The third kappa shape index (κ3) is 2.79. The monoisotopic (exact) mass is 279 g/mol. The summed E-state index contributed by atoms with van der Waals surface area (Å²) in [5.41, 5.74) is 0.539. The van der Waals surface area contributed by atoms with E-state index in [2.05, 4.69) is 35.4 Å². The zero-order chi connectivity index (χ0) is 13.9. The van der Waals surface area contributed by atoms with E-state index in [9.17, 15) is 9.90 Å². The predicted octanol–water partition coefficient (Wildman–Crippen LogP) is 3.24. The topological polar surface area (TPSA) is 40.5 Å². The second kappa shape index (κ2) is 5.97. The maximum absolute atomic E-state index is 11.6. The van der Waals surface area contributed by atoms with Crippen molar-refractivity contribution in [2.75, 3.05) is 12.8 Å². The van der Waals surface area contributed by atoms with Gasteiger partial charge in [-0.3, -0.25) is 9.69 Å². The van der Waals surface area contributed by atoms with Crippen molar-refractivity contribution < 1.29 is 9.90 Å². The zero-order valence-electron chi connectivity index (χ0n) is 11.6. The van der Waals surface area contributed by atoms with Gasteiger partial charge in [0.15, 0.2) is 0 Å². The number of nitrogens with zero attached hydrogens (tertiary/aromatic N) is 1. The van der Waals surface area contributed by atoms with Crippen LogP contribution >= 0.6 is 11.8 Å². The Bertz CT molecular complexity index is 446. The average Bonchev–Trinajstić information content (AvgIpc) is 2.83. The molecule has 0 aliphatic carbocycles. The van der Waals surface area contributed by atoms with Crippen molar-refractivity contribution >= 4 is 17.7 Å². The molecule has 1 aromatic rings. The van der Waals surface area contributed by atoms with Crippen molar-refractivity contribution in [1.82, 2.24) is 4.90 Å². The van der Waals surface area contributed by atoms with E-state index in [1.54, 1.807) is 11.8 Å². The van der Waals surface area contributed by atoms with Crippen LogP contribution in [0, 0.1) is 0 Å². The van der Waals surface area contributed by atoms with Gasteiger partial charge in [-0.15, -0.1) is 11.8 Å². The van der Waals surface area contributed by atoms with Crippen LogP contribution < -0.4 is 0 Å². The Kier molecular flexibility index (Phi) is 4.53. The lowest BCUT2D eigenvalue weighted by molar-refractivity contribution is -0.150. The second-order valence-corrected chi connectivity index (χ2v) is 5.94. The van der Waals surface area contributed by atoms with E-state index in [1.807, 2.05) is 6.92 Å². The molecule has 1 aromatic carbocycles. The summed E-state index contributed by atoms with van der Waals surface area (Å²) in [5, 5.41) is 9.55. The van der Waals surface area contributed by atoms with Crippen LogP contribution in [0.25, 0.3) is 0 Å². The van der Waals surface area contributed by atoms with Gasteiger partial charge in [0.25, 0.3) is 0 Å². The van der Waals surface area contributed by atoms with Crippen molar-refractivity contribution in [3.05, 3.63) is 29.8 Å². The molecular formula is C15H21NO2S. The van der Waals surface area contributed by atoms with Crippen molar-refractivity contribution in [1.29, 1.82) is 0 Å². The maximum atomic E-state index is 11.6. The fourth-order valence-corrected chi connectivity index (χ4v) is 3.32. The Morgan fingerprint density at radius 3 is 2.63 bits per heavy atom. The van der Waals surface area contributed by atoms with E-state index in [4.69, 9.17) is 0 Å². The molecule has 1 N–H and O–H groups in total. The van der Waals surface area contributed by atoms with Gasteiger partial charge >= 0.3 is 5.97 Å². The van der Waals surface area contributed by atoms with Gasteiger partial charge in [-0.25, -0.2) is 0 Å². The van der Waals surface area contributed by atoms with Crippen LogP contribution in [-0.2, 0) is 11.3 Å². The molecule has 1 unspecified atom stereocenters. The molecule has 1 atom stereocenters. The predicted molar refractivity (Wildman–Crippen MR) is 78.5 cm³/mol. The second-order valence-electron chi connectivity index (χ2n) is 5.06. The first kappa shape index (κ1) is 14.4. The molecule has 104 valence electrons. The van der Waals surface area contributed by atoms with Gasteiger partial charge in [0.1, 0.15) is 5.54 Å². The molecule has 2 rings (SSSR count). The molecule has 0 aromatic heterocycles. The number of hydrogen-bond acceptors (Lipinski definition) is 3. The van der Waals surface area contributed by atoms with E-state index < -0.39 is 11.5 Å². The fraction of sp³-hybridized carbons (Fsp3) is 0.533. The van der Waals surface area contributed by atoms with Crippen LogP contribution in [0.4, 0.5) is 0 Å². The largest absolute Gasteiger partial charge is 0.480 e. The Morgan fingerprint density at radius 2 is 2.11 bits per heavy atom. The minimum absolute atomic E-state index is 0.655. The van der Waals surface area contributed by atoms with Gasteiger partial charge in [-0.05, 0) is 49.8 Å². The summed E-state index contributed by atoms with van der Waals surface area (Å²) in [4.78, 5) is 15.0. The molecule has 1 fully saturated rings. The molecule has 0 saturated carbocycles. The quantitative estimate of drug-likeness (QED) is 0.840. The summed E-state index contributed by atoms with van der Waals surface area (Å²) in [5.74, 6) is -0.673. The smallest absolute Gasteiger partial charge is 0.324 e. The van der Waals surface area contributed by atoms with Crippen molar-refractivity contribution in [3.8, 4) is 0 Å². The van der Waals surface area contributed by atoms with Crippen molar-refractivity contribution in [2.24, 2.45) is 0 Å². The molecular weight excluding hydrogens is 258 g/mol. The van der Waals surface area contributed by atoms with Gasteiger partial charge in [0.2, 0.25) is 0 Å². The number of thioether (sulfide) groups is 1. The number of carboxylic acids is 1. The average molecular weight is 279 g/mol. The molecule has 4 heteroatoms. The van der Waals surface area contributed by atoms with Crippen LogP contribution in [-0.4, -0.2) is 34.3 Å². The summed E-state index contributed by atoms with van der Waals surface area (Å²) in [6.07, 6.45) is 4.47. The minimum Gasteiger partial charge on any atom is -0.480 e. The van der Waals surface area contributed by atoms with Crippen molar-refractivity contribution in [3.63, 3.8) is 0 Å². The van der Waals surface area contributed by atoms with Crippen LogP contribution in [0.5, 0.6) is 0 Å². The number of likely N-dealkylation sites (tertiary alicyclic amines) is 1. The van der Waals surface area contributed by atoms with E-state index in [0.29, 0.717) is 6.42 Å². The first-order chi connectivity index (χ1) is 9.12. The number of benzene rings is 1. The Hall–Kier alpha value is -1.00. The summed E-state index contributed by atoms with van der Waals surface area (Å²) < 4.78 is 0. The van der Waals surface area contributed by atoms with Crippen LogP contribution in [0.15, 0.2) is 29.2 Å². The van der Waals surface area contributed by atoms with E-state index in [1.165, 1.54) is 10.5 Å². The molecule has 0 radical (unpaired) electrons. The Balaban J connectivity index is 2.14. The highest BCUT2D eigenvalue weighted by atomic mass is 32.2. The molecule has 3 nitrogen and oxygen atoms in total. The van der Waals surface area contributed by atoms with Gasteiger partial charge < -0.3 is 5.11 Å². The van der Waals surface area contributed by atoms with Crippen LogP contribution in [0.3, 0.4) is 0 Å². The lowest BCUT2D eigenvalue weighted by Crippen LogP contribution is -2.49. The summed E-state index contributed by atoms with van der Waals surface area (Å²) >= 11 is 1.72. The van der Waals surface area contributed by atoms with Crippen LogP contribution in [0.1, 0.15) is 31.7 Å². The highest BCUT2D eigenvalue weighted by Crippen LogP contribution is 2.34. The number of carboxylic acid groups (broad SMARTS) is 1. The first-order valence-corrected chi connectivity index (χ1v) is 7.96. The first-order valence-electron chi connectivity index (χ1n) is 6.74. The molecule has 19 heavy (non-hydrogen) atoms. The van der Waals surface area contributed by atoms with Gasteiger partial charge in [-0.2, -0.15) is 0 Å². The summed E-state index contributed by atoms with van der Waals surface area (Å²) in [6.45, 7) is 3.59. The fourth-order valence-electron chi connectivity index (χ4n) is 2.91. The standard InChI is InChI=1S/C15H21NO2S/c1-3-15(14(17)18)9-4-10-16(15)11-12-5-7-13(19-2)8-6-12/h5-8H,3-4,9-11H2,1-2H3,(H,17,18). The number of aliphatic carboxylic acids is 1. The SMILES string of the molecule is CCC1(C(=O)O)CCCN1Cc1ccc(SC)cc1. The molecule has 0 bridgehead atoms. The van der Waals surface area contributed by atoms with E-state index in [0.717, 1.165) is 25.9 Å². The minimum atomic E-state index is -0.673. The van der Waals surface area contributed by atoms with E-state index in [-0.39, 0.29) is 0 Å². The molecule has 1 saturated heterocycles. The van der Waals surface area contributed by atoms with Crippen molar-refractivity contribution in [2.45, 2.75) is 43.2 Å². The number of carbonyl (C=O) groups is 1. The summed E-state index contributed by atoms with van der Waals surface area (Å²) in [7, 11) is 0. The Labute approximate surface area is 119 Å². The number of rotatable bonds is 5. The maximum Gasteiger partial charge on any atom is 0.324 e. The summed E-state index contributed by atoms with van der Waals surface area (Å²) in [6, 6.07) is 8.41. The van der Waals surface area contributed by atoms with Crippen LogP contribution in [0.2, 0.25) is 0 Å². The molecule has 1 aliphatic rings. The number of hydrogen-bond donors (Lipinski definition) is 1.